The second-order valence-corrected chi connectivity index (χ2v) is 9.05. The molecule has 0 fully saturated rings. The average molecular weight is 413 g/mol. The van der Waals surface area contributed by atoms with Gasteiger partial charge in [0.15, 0.2) is 0 Å². The Balaban J connectivity index is 1.50. The van der Waals surface area contributed by atoms with Crippen molar-refractivity contribution in [2.45, 2.75) is 52.0 Å². The minimum Gasteiger partial charge on any atom is -0.457 e. The fourth-order valence-electron chi connectivity index (χ4n) is 4.61. The Morgan fingerprint density at radius 1 is 1.00 bits per heavy atom. The molecule has 160 valence electrons. The van der Waals surface area contributed by atoms with Gasteiger partial charge in [-0.15, -0.1) is 0 Å². The third-order valence-corrected chi connectivity index (χ3v) is 6.04. The monoisotopic (exact) mass is 412 g/mol. The molecule has 31 heavy (non-hydrogen) atoms. The number of hydrogen-bond acceptors (Lipinski definition) is 3. The van der Waals surface area contributed by atoms with Crippen molar-refractivity contribution in [3.05, 3.63) is 83.9 Å². The van der Waals surface area contributed by atoms with Crippen LogP contribution in [0.5, 0.6) is 11.5 Å². The quantitative estimate of drug-likeness (QED) is 0.387. The first kappa shape index (κ1) is 21.2. The van der Waals surface area contributed by atoms with Crippen molar-refractivity contribution in [2.24, 2.45) is 4.99 Å². The lowest BCUT2D eigenvalue weighted by atomic mass is 9.79. The predicted molar refractivity (Wildman–Crippen MR) is 131 cm³/mol. The lowest BCUT2D eigenvalue weighted by molar-refractivity contribution is 0.376. The molecule has 0 radical (unpaired) electrons. The molecule has 0 spiro atoms. The van der Waals surface area contributed by atoms with Gasteiger partial charge in [-0.05, 0) is 92.3 Å². The van der Waals surface area contributed by atoms with Gasteiger partial charge in [-0.2, -0.15) is 0 Å². The highest BCUT2D eigenvalue weighted by molar-refractivity contribution is 5.83. The maximum absolute atomic E-state index is 5.86. The summed E-state index contributed by atoms with van der Waals surface area (Å²) < 4.78 is 5.86. The van der Waals surface area contributed by atoms with Crippen LogP contribution in [0.25, 0.3) is 0 Å². The van der Waals surface area contributed by atoms with E-state index in [1.807, 2.05) is 60.8 Å². The molecule has 3 aromatic carbocycles. The van der Waals surface area contributed by atoms with Crippen LogP contribution in [0.2, 0.25) is 0 Å². The van der Waals surface area contributed by atoms with E-state index in [9.17, 15) is 0 Å². The largest absolute Gasteiger partial charge is 0.457 e. The summed E-state index contributed by atoms with van der Waals surface area (Å²) in [5.41, 5.74) is 5.07. The van der Waals surface area contributed by atoms with Gasteiger partial charge in [0.05, 0.1) is 5.69 Å². The van der Waals surface area contributed by atoms with E-state index in [-0.39, 0.29) is 5.54 Å². The fourth-order valence-corrected chi connectivity index (χ4v) is 4.61. The second kappa shape index (κ2) is 8.97. The smallest absolute Gasteiger partial charge is 0.127 e. The molecule has 1 unspecified atom stereocenters. The van der Waals surface area contributed by atoms with E-state index in [1.54, 1.807) is 0 Å². The zero-order valence-electron chi connectivity index (χ0n) is 19.0. The van der Waals surface area contributed by atoms with Crippen LogP contribution in [0, 0.1) is 0 Å². The first-order chi connectivity index (χ1) is 15.0. The number of benzene rings is 3. The number of nitrogens with zero attached hydrogens (tertiary/aromatic N) is 2. The molecular formula is C28H32N2O. The lowest BCUT2D eigenvalue weighted by Crippen LogP contribution is -2.48. The lowest BCUT2D eigenvalue weighted by Gasteiger charge is -2.47. The van der Waals surface area contributed by atoms with E-state index in [2.05, 4.69) is 55.8 Å². The molecule has 3 aromatic rings. The molecule has 1 heterocycles. The van der Waals surface area contributed by atoms with Gasteiger partial charge in [-0.1, -0.05) is 38.1 Å². The molecule has 0 amide bonds. The molecule has 0 bridgehead atoms. The maximum atomic E-state index is 5.86. The molecule has 0 saturated carbocycles. The molecule has 1 aliphatic heterocycles. The van der Waals surface area contributed by atoms with E-state index >= 15 is 0 Å². The third kappa shape index (κ3) is 4.82. The third-order valence-electron chi connectivity index (χ3n) is 6.04. The van der Waals surface area contributed by atoms with E-state index < -0.39 is 0 Å². The normalized spacial score (nSPS) is 17.5. The number of fused-ring (bicyclic) bond motifs is 1. The second-order valence-electron chi connectivity index (χ2n) is 9.05. The molecule has 0 aromatic heterocycles. The Kier molecular flexibility index (Phi) is 6.13. The minimum atomic E-state index is 0.196. The van der Waals surface area contributed by atoms with Crippen LogP contribution in [0.3, 0.4) is 0 Å². The van der Waals surface area contributed by atoms with Crippen LogP contribution in [-0.4, -0.2) is 18.3 Å². The molecule has 0 aliphatic carbocycles. The molecule has 4 rings (SSSR count). The Hall–Kier alpha value is -3.07. The van der Waals surface area contributed by atoms with Crippen LogP contribution in [-0.2, 0) is 0 Å². The van der Waals surface area contributed by atoms with Crippen LogP contribution < -0.4 is 9.64 Å². The van der Waals surface area contributed by atoms with Gasteiger partial charge in [0.2, 0.25) is 0 Å². The molecule has 3 nitrogen and oxygen atoms in total. The molecule has 3 heteroatoms. The van der Waals surface area contributed by atoms with E-state index in [1.165, 1.54) is 17.7 Å². The Morgan fingerprint density at radius 3 is 2.42 bits per heavy atom. The van der Waals surface area contributed by atoms with Crippen molar-refractivity contribution < 1.29 is 4.74 Å². The SMILES string of the molecule is CCCN1c2ccc(C=Nc3ccc(Oc4ccccc4)cc3)cc2C(C)CC1(C)C. The first-order valence-corrected chi connectivity index (χ1v) is 11.2. The number of hydrogen-bond donors (Lipinski definition) is 0. The van der Waals surface area contributed by atoms with Gasteiger partial charge in [-0.3, -0.25) is 4.99 Å². The highest BCUT2D eigenvalue weighted by atomic mass is 16.5. The Morgan fingerprint density at radius 2 is 1.71 bits per heavy atom. The van der Waals surface area contributed by atoms with Gasteiger partial charge in [0, 0.05) is 24.0 Å². The molecule has 1 aliphatic rings. The summed E-state index contributed by atoms with van der Waals surface area (Å²) in [5.74, 6) is 2.19. The summed E-state index contributed by atoms with van der Waals surface area (Å²) in [7, 11) is 0. The zero-order chi connectivity index (χ0) is 21.8. The number of para-hydroxylation sites is 1. The Labute approximate surface area is 186 Å². The first-order valence-electron chi connectivity index (χ1n) is 11.2. The summed E-state index contributed by atoms with van der Waals surface area (Å²) in [5, 5.41) is 0. The standard InChI is InChI=1S/C28H32N2O/c1-5-17-30-27-16-11-22(18-26(27)21(2)19-28(30,3)4)20-29-23-12-14-25(15-13-23)31-24-9-7-6-8-10-24/h6-16,18,20-21H,5,17,19H2,1-4H3. The van der Waals surface area contributed by atoms with Crippen molar-refractivity contribution in [2.75, 3.05) is 11.4 Å². The Bertz CT molecular complexity index is 1040. The fraction of sp³-hybridized carbons (Fsp3) is 0.321. The van der Waals surface area contributed by atoms with Crippen molar-refractivity contribution in [3.63, 3.8) is 0 Å². The summed E-state index contributed by atoms with van der Waals surface area (Å²) in [6.07, 6.45) is 4.29. The molecule has 1 atom stereocenters. The van der Waals surface area contributed by atoms with Crippen LogP contribution in [0.1, 0.15) is 57.6 Å². The van der Waals surface area contributed by atoms with Crippen LogP contribution in [0.15, 0.2) is 77.8 Å². The van der Waals surface area contributed by atoms with Gasteiger partial charge in [-0.25, -0.2) is 0 Å². The summed E-state index contributed by atoms with van der Waals surface area (Å²) in [4.78, 5) is 7.27. The van der Waals surface area contributed by atoms with Crippen LogP contribution in [0.4, 0.5) is 11.4 Å². The highest BCUT2D eigenvalue weighted by Crippen LogP contribution is 2.43. The molecule has 0 saturated heterocycles. The summed E-state index contributed by atoms with van der Waals surface area (Å²) in [6, 6.07) is 24.5. The maximum Gasteiger partial charge on any atom is 0.127 e. The topological polar surface area (TPSA) is 24.8 Å². The van der Waals surface area contributed by atoms with Crippen molar-refractivity contribution in [1.82, 2.24) is 0 Å². The van der Waals surface area contributed by atoms with E-state index in [4.69, 9.17) is 4.74 Å². The van der Waals surface area contributed by atoms with Gasteiger partial charge in [0.25, 0.3) is 0 Å². The highest BCUT2D eigenvalue weighted by Gasteiger charge is 2.35. The van der Waals surface area contributed by atoms with Gasteiger partial charge < -0.3 is 9.64 Å². The zero-order valence-corrected chi connectivity index (χ0v) is 19.0. The summed E-state index contributed by atoms with van der Waals surface area (Å²) in [6.45, 7) is 10.4. The average Bonchev–Trinajstić information content (AvgIpc) is 2.76. The van der Waals surface area contributed by atoms with Crippen molar-refractivity contribution in [1.29, 1.82) is 0 Å². The van der Waals surface area contributed by atoms with E-state index in [0.29, 0.717) is 5.92 Å². The molecule has 0 N–H and O–H groups in total. The van der Waals surface area contributed by atoms with Gasteiger partial charge >= 0.3 is 0 Å². The van der Waals surface area contributed by atoms with E-state index in [0.717, 1.165) is 35.7 Å². The molecular weight excluding hydrogens is 380 g/mol. The predicted octanol–water partition coefficient (Wildman–Crippen LogP) is 7.73. The number of aliphatic imine (C=N–C) groups is 1. The summed E-state index contributed by atoms with van der Waals surface area (Å²) >= 11 is 0. The number of anilines is 1. The number of ether oxygens (including phenoxy) is 1. The van der Waals surface area contributed by atoms with Gasteiger partial charge in [0.1, 0.15) is 11.5 Å². The van der Waals surface area contributed by atoms with Crippen molar-refractivity contribution in [3.8, 4) is 11.5 Å². The van der Waals surface area contributed by atoms with Crippen molar-refractivity contribution >= 4 is 17.6 Å². The number of rotatable bonds is 6. The van der Waals surface area contributed by atoms with Crippen LogP contribution >= 0.6 is 0 Å². The minimum absolute atomic E-state index is 0.196.